The Hall–Kier alpha value is -2.12. The Labute approximate surface area is 95.7 Å². The average molecular weight is 229 g/mol. The van der Waals surface area contributed by atoms with E-state index in [-0.39, 0.29) is 0 Å². The largest absolute Gasteiger partial charge is 0.296 e. The maximum Gasteiger partial charge on any atom is 0.175 e. The Balaban J connectivity index is 2.54. The summed E-state index contributed by atoms with van der Waals surface area (Å²) < 4.78 is 1.85. The van der Waals surface area contributed by atoms with Crippen LogP contribution in [0.3, 0.4) is 0 Å². The number of imidazole rings is 1. The zero-order valence-electron chi connectivity index (χ0n) is 8.05. The molecule has 2 aromatic heterocycles. The first kappa shape index (κ1) is 9.13. The van der Waals surface area contributed by atoms with Gasteiger partial charge in [-0.25, -0.2) is 9.97 Å². The van der Waals surface area contributed by atoms with Gasteiger partial charge in [-0.3, -0.25) is 4.40 Å². The highest BCUT2D eigenvalue weighted by Crippen LogP contribution is 2.21. The molecule has 0 aliphatic rings. The molecule has 0 aliphatic carbocycles. The van der Waals surface area contributed by atoms with E-state index in [0.717, 1.165) is 5.52 Å². The maximum absolute atomic E-state index is 8.81. The Morgan fingerprint density at radius 1 is 1.38 bits per heavy atom. The van der Waals surface area contributed by atoms with Crippen molar-refractivity contribution in [2.24, 2.45) is 0 Å². The molecule has 4 nitrogen and oxygen atoms in total. The lowest BCUT2D eigenvalue weighted by atomic mass is 10.2. The number of nitrogens with zero attached hydrogens (tertiary/aromatic N) is 4. The topological polar surface area (TPSA) is 54.0 Å². The normalized spacial score (nSPS) is 10.8. The molecule has 0 spiro atoms. The van der Waals surface area contributed by atoms with Crippen LogP contribution in [-0.4, -0.2) is 14.4 Å². The van der Waals surface area contributed by atoms with Gasteiger partial charge in [-0.2, -0.15) is 5.26 Å². The Bertz CT molecular complexity index is 739. The van der Waals surface area contributed by atoms with Crippen LogP contribution < -0.4 is 0 Å². The van der Waals surface area contributed by atoms with Crippen molar-refractivity contribution in [2.75, 3.05) is 0 Å². The van der Waals surface area contributed by atoms with Crippen molar-refractivity contribution in [3.63, 3.8) is 0 Å². The van der Waals surface area contributed by atoms with Gasteiger partial charge < -0.3 is 0 Å². The summed E-state index contributed by atoms with van der Waals surface area (Å²) in [6.45, 7) is 0. The van der Waals surface area contributed by atoms with Crippen molar-refractivity contribution in [2.45, 2.75) is 0 Å². The fraction of sp³-hybridized carbons (Fsp3) is 0. The third-order valence-electron chi connectivity index (χ3n) is 2.41. The number of benzene rings is 1. The molecule has 1 aromatic carbocycles. The lowest BCUT2D eigenvalue weighted by Crippen LogP contribution is -1.92. The van der Waals surface area contributed by atoms with E-state index in [9.17, 15) is 0 Å². The lowest BCUT2D eigenvalue weighted by molar-refractivity contribution is 1.21. The molecular formula is C11H5ClN4. The van der Waals surface area contributed by atoms with Crippen molar-refractivity contribution in [3.8, 4) is 6.07 Å². The smallest absolute Gasteiger partial charge is 0.175 e. The van der Waals surface area contributed by atoms with Crippen molar-refractivity contribution in [1.29, 1.82) is 5.26 Å². The molecule has 0 aliphatic heterocycles. The van der Waals surface area contributed by atoms with Gasteiger partial charge in [0.25, 0.3) is 0 Å². The van der Waals surface area contributed by atoms with Gasteiger partial charge >= 0.3 is 0 Å². The zero-order chi connectivity index (χ0) is 11.1. The number of hydrogen-bond acceptors (Lipinski definition) is 3. The summed E-state index contributed by atoms with van der Waals surface area (Å²) in [6.07, 6.45) is 3.48. The van der Waals surface area contributed by atoms with Crippen molar-refractivity contribution >= 4 is 28.3 Å². The lowest BCUT2D eigenvalue weighted by Gasteiger charge is -2.02. The van der Waals surface area contributed by atoms with Gasteiger partial charge in [0, 0.05) is 12.4 Å². The quantitative estimate of drug-likeness (QED) is 0.594. The van der Waals surface area contributed by atoms with Crippen LogP contribution in [0.2, 0.25) is 5.15 Å². The third-order valence-corrected chi connectivity index (χ3v) is 2.66. The molecule has 0 fully saturated rings. The molecule has 0 unspecified atom stereocenters. The molecular weight excluding hydrogens is 224 g/mol. The van der Waals surface area contributed by atoms with Gasteiger partial charge in [0.1, 0.15) is 0 Å². The molecule has 5 heteroatoms. The minimum atomic E-state index is 0.340. The van der Waals surface area contributed by atoms with Crippen molar-refractivity contribution in [1.82, 2.24) is 14.4 Å². The van der Waals surface area contributed by atoms with Gasteiger partial charge in [-0.05, 0) is 18.2 Å². The number of fused-ring (bicyclic) bond motifs is 3. The number of hydrogen-bond donors (Lipinski definition) is 0. The molecule has 0 amide bonds. The fourth-order valence-corrected chi connectivity index (χ4v) is 1.92. The van der Waals surface area contributed by atoms with Crippen LogP contribution in [0, 0.1) is 11.3 Å². The van der Waals surface area contributed by atoms with Gasteiger partial charge in [0.2, 0.25) is 0 Å². The summed E-state index contributed by atoms with van der Waals surface area (Å²) in [7, 11) is 0. The van der Waals surface area contributed by atoms with Crippen LogP contribution in [0.15, 0.2) is 30.6 Å². The van der Waals surface area contributed by atoms with Gasteiger partial charge in [-0.15, -0.1) is 0 Å². The first-order valence-electron chi connectivity index (χ1n) is 4.62. The molecule has 0 saturated carbocycles. The highest BCUT2D eigenvalue weighted by molar-refractivity contribution is 6.32. The number of nitriles is 1. The summed E-state index contributed by atoms with van der Waals surface area (Å²) in [5.74, 6) is 0. The molecule has 0 saturated heterocycles. The van der Waals surface area contributed by atoms with Gasteiger partial charge in [0.05, 0.1) is 22.7 Å². The fourth-order valence-electron chi connectivity index (χ4n) is 1.69. The Kier molecular flexibility index (Phi) is 1.82. The van der Waals surface area contributed by atoms with Crippen LogP contribution in [0.5, 0.6) is 0 Å². The standard InChI is InChI=1S/C11H5ClN4/c12-10-11-14-3-4-16(11)9-2-1-7(6-13)5-8(9)15-10/h1-5H. The number of halogens is 1. The minimum absolute atomic E-state index is 0.340. The van der Waals surface area contributed by atoms with Crippen molar-refractivity contribution in [3.05, 3.63) is 41.3 Å². The Morgan fingerprint density at radius 3 is 3.06 bits per heavy atom. The van der Waals surface area contributed by atoms with Crippen LogP contribution in [0.4, 0.5) is 0 Å². The van der Waals surface area contributed by atoms with Crippen LogP contribution in [-0.2, 0) is 0 Å². The van der Waals surface area contributed by atoms with E-state index in [1.807, 2.05) is 16.7 Å². The summed E-state index contributed by atoms with van der Waals surface area (Å²) in [4.78, 5) is 8.33. The number of rotatable bonds is 0. The van der Waals surface area contributed by atoms with E-state index >= 15 is 0 Å². The van der Waals surface area contributed by atoms with E-state index in [1.165, 1.54) is 0 Å². The minimum Gasteiger partial charge on any atom is -0.296 e. The summed E-state index contributed by atoms with van der Waals surface area (Å²) in [5, 5.41) is 9.15. The summed E-state index contributed by atoms with van der Waals surface area (Å²) >= 11 is 6.00. The summed E-state index contributed by atoms with van der Waals surface area (Å²) in [6, 6.07) is 7.37. The predicted octanol–water partition coefficient (Wildman–Crippen LogP) is 2.41. The SMILES string of the molecule is N#Cc1ccc2c(c1)nc(Cl)c1nccn12. The molecule has 0 bridgehead atoms. The molecule has 0 atom stereocenters. The second kappa shape index (κ2) is 3.19. The number of aromatic nitrogens is 3. The van der Waals surface area contributed by atoms with Gasteiger partial charge in [0.15, 0.2) is 10.8 Å². The van der Waals surface area contributed by atoms with E-state index in [1.54, 1.807) is 18.3 Å². The predicted molar refractivity (Wildman–Crippen MR) is 60.2 cm³/mol. The van der Waals surface area contributed by atoms with E-state index in [2.05, 4.69) is 16.0 Å². The monoisotopic (exact) mass is 228 g/mol. The van der Waals surface area contributed by atoms with E-state index in [4.69, 9.17) is 16.9 Å². The molecule has 3 aromatic rings. The first-order valence-corrected chi connectivity index (χ1v) is 5.00. The highest BCUT2D eigenvalue weighted by Gasteiger charge is 2.07. The van der Waals surface area contributed by atoms with Crippen LogP contribution in [0.1, 0.15) is 5.56 Å². The van der Waals surface area contributed by atoms with Crippen LogP contribution >= 0.6 is 11.6 Å². The highest BCUT2D eigenvalue weighted by atomic mass is 35.5. The molecule has 3 rings (SSSR count). The van der Waals surface area contributed by atoms with Gasteiger partial charge in [-0.1, -0.05) is 11.6 Å². The third kappa shape index (κ3) is 1.16. The van der Waals surface area contributed by atoms with E-state index < -0.39 is 0 Å². The average Bonchev–Trinajstić information content (AvgIpc) is 2.78. The molecule has 2 heterocycles. The Morgan fingerprint density at radius 2 is 2.25 bits per heavy atom. The van der Waals surface area contributed by atoms with Crippen LogP contribution in [0.25, 0.3) is 16.7 Å². The van der Waals surface area contributed by atoms with E-state index in [0.29, 0.717) is 21.9 Å². The zero-order valence-corrected chi connectivity index (χ0v) is 8.81. The second-order valence-electron chi connectivity index (χ2n) is 3.34. The second-order valence-corrected chi connectivity index (χ2v) is 3.70. The van der Waals surface area contributed by atoms with Crippen molar-refractivity contribution < 1.29 is 0 Å². The first-order chi connectivity index (χ1) is 7.79. The summed E-state index contributed by atoms with van der Waals surface area (Å²) in [5.41, 5.74) is 2.76. The molecule has 0 radical (unpaired) electrons. The molecule has 16 heavy (non-hydrogen) atoms. The maximum atomic E-state index is 8.81. The molecule has 0 N–H and O–H groups in total. The molecule has 76 valence electrons.